The van der Waals surface area contributed by atoms with Crippen LogP contribution in [-0.2, 0) is 14.4 Å². The molecule has 0 atom stereocenters. The number of nitrogens with zero attached hydrogens (tertiary/aromatic N) is 1. The summed E-state index contributed by atoms with van der Waals surface area (Å²) in [5.41, 5.74) is 0. The predicted octanol–water partition coefficient (Wildman–Crippen LogP) is 0.885. The molecule has 0 unspecified atom stereocenters. The molecule has 4 amide bonds. The van der Waals surface area contributed by atoms with Gasteiger partial charge < -0.3 is 10.6 Å². The van der Waals surface area contributed by atoms with Crippen molar-refractivity contribution in [1.29, 1.82) is 0 Å². The van der Waals surface area contributed by atoms with Gasteiger partial charge in [-0.1, -0.05) is 18.2 Å². The molecule has 7 nitrogen and oxygen atoms in total. The Morgan fingerprint density at radius 3 is 2.39 bits per heavy atom. The molecular formula is C15H23N3O4S. The van der Waals surface area contributed by atoms with Crippen molar-refractivity contribution in [3.05, 3.63) is 0 Å². The van der Waals surface area contributed by atoms with Gasteiger partial charge in [0, 0.05) is 32.5 Å². The van der Waals surface area contributed by atoms with E-state index < -0.39 is 0 Å². The topological polar surface area (TPSA) is 95.6 Å². The average Bonchev–Trinajstić information content (AvgIpc) is 2.77. The Kier molecular flexibility index (Phi) is 6.88. The fraction of sp³-hybridized carbons (Fsp3) is 0.733. The minimum absolute atomic E-state index is 0.00464. The van der Waals surface area contributed by atoms with E-state index in [-0.39, 0.29) is 48.2 Å². The van der Waals surface area contributed by atoms with Crippen molar-refractivity contribution < 1.29 is 19.2 Å². The molecule has 1 saturated carbocycles. The van der Waals surface area contributed by atoms with Crippen LogP contribution in [0.15, 0.2) is 0 Å². The van der Waals surface area contributed by atoms with Gasteiger partial charge in [-0.15, -0.1) is 0 Å². The van der Waals surface area contributed by atoms with Crippen LogP contribution < -0.4 is 10.6 Å². The maximum absolute atomic E-state index is 11.6. The molecule has 8 heteroatoms. The summed E-state index contributed by atoms with van der Waals surface area (Å²) in [6.07, 6.45) is 4.77. The van der Waals surface area contributed by atoms with Crippen molar-refractivity contribution in [2.75, 3.05) is 25.4 Å². The summed E-state index contributed by atoms with van der Waals surface area (Å²) in [4.78, 5) is 47.1. The van der Waals surface area contributed by atoms with Gasteiger partial charge in [-0.2, -0.15) is 0 Å². The minimum atomic E-state index is -0.257. The highest BCUT2D eigenvalue weighted by Gasteiger charge is 2.29. The number of thioether (sulfide) groups is 1. The van der Waals surface area contributed by atoms with E-state index >= 15 is 0 Å². The van der Waals surface area contributed by atoms with Crippen LogP contribution in [0, 0.1) is 5.92 Å². The lowest BCUT2D eigenvalue weighted by Gasteiger charge is -2.25. The third-order valence-electron chi connectivity index (χ3n) is 4.12. The molecule has 0 radical (unpaired) electrons. The number of imide groups is 1. The van der Waals surface area contributed by atoms with Crippen LogP contribution in [0.3, 0.4) is 0 Å². The van der Waals surface area contributed by atoms with E-state index in [2.05, 4.69) is 10.6 Å². The van der Waals surface area contributed by atoms with Crippen LogP contribution in [0.4, 0.5) is 4.79 Å². The van der Waals surface area contributed by atoms with Crippen molar-refractivity contribution in [3.8, 4) is 0 Å². The Labute approximate surface area is 139 Å². The number of amides is 4. The first-order chi connectivity index (χ1) is 11.1. The summed E-state index contributed by atoms with van der Waals surface area (Å²) in [5.74, 6) is 0.440. The largest absolute Gasteiger partial charge is 0.356 e. The minimum Gasteiger partial charge on any atom is -0.356 e. The van der Waals surface area contributed by atoms with Crippen LogP contribution in [0.25, 0.3) is 0 Å². The first-order valence-corrected chi connectivity index (χ1v) is 9.05. The summed E-state index contributed by atoms with van der Waals surface area (Å²) in [7, 11) is 0. The Morgan fingerprint density at radius 1 is 1.13 bits per heavy atom. The highest BCUT2D eigenvalue weighted by Crippen LogP contribution is 2.25. The number of nitrogens with one attached hydrogen (secondary N) is 2. The van der Waals surface area contributed by atoms with Crippen molar-refractivity contribution in [1.82, 2.24) is 15.5 Å². The lowest BCUT2D eigenvalue weighted by atomic mass is 9.85. The van der Waals surface area contributed by atoms with Gasteiger partial charge in [-0.25, -0.2) is 0 Å². The maximum atomic E-state index is 11.6. The summed E-state index contributed by atoms with van der Waals surface area (Å²) in [6, 6.07) is 0. The summed E-state index contributed by atoms with van der Waals surface area (Å²) < 4.78 is 0. The molecule has 1 aliphatic carbocycles. The average molecular weight is 341 g/mol. The number of carbonyl (C=O) groups excluding carboxylic acids is 4. The number of hydrogen-bond donors (Lipinski definition) is 2. The molecule has 2 N–H and O–H groups in total. The SMILES string of the molecule is O=C(CCCC(=O)NCC1CCC1)NCCN1C(=O)CSC1=O. The van der Waals surface area contributed by atoms with Gasteiger partial charge in [0.05, 0.1) is 5.75 Å². The Hall–Kier alpha value is -1.57. The van der Waals surface area contributed by atoms with E-state index in [1.54, 1.807) is 0 Å². The zero-order valence-electron chi connectivity index (χ0n) is 13.1. The Bertz CT molecular complexity index is 463. The van der Waals surface area contributed by atoms with E-state index in [0.717, 1.165) is 23.2 Å². The first kappa shape index (κ1) is 17.8. The van der Waals surface area contributed by atoms with Crippen LogP contribution in [0.1, 0.15) is 38.5 Å². The van der Waals surface area contributed by atoms with Crippen molar-refractivity contribution in [3.63, 3.8) is 0 Å². The van der Waals surface area contributed by atoms with Gasteiger partial charge in [-0.05, 0) is 25.2 Å². The van der Waals surface area contributed by atoms with E-state index in [9.17, 15) is 19.2 Å². The molecule has 0 spiro atoms. The summed E-state index contributed by atoms with van der Waals surface area (Å²) in [5, 5.41) is 5.30. The van der Waals surface area contributed by atoms with Gasteiger partial charge in [-0.3, -0.25) is 24.1 Å². The molecule has 1 aliphatic heterocycles. The molecule has 0 bridgehead atoms. The van der Waals surface area contributed by atoms with Gasteiger partial charge in [0.25, 0.3) is 5.24 Å². The molecule has 2 aliphatic rings. The van der Waals surface area contributed by atoms with E-state index in [0.29, 0.717) is 18.8 Å². The third kappa shape index (κ3) is 5.85. The zero-order valence-corrected chi connectivity index (χ0v) is 14.0. The van der Waals surface area contributed by atoms with E-state index in [1.807, 2.05) is 0 Å². The number of carbonyl (C=O) groups is 4. The maximum Gasteiger partial charge on any atom is 0.288 e. The molecule has 0 aromatic carbocycles. The van der Waals surface area contributed by atoms with E-state index in [4.69, 9.17) is 0 Å². The van der Waals surface area contributed by atoms with E-state index in [1.165, 1.54) is 19.3 Å². The second kappa shape index (κ2) is 8.90. The van der Waals surface area contributed by atoms with Gasteiger partial charge in [0.15, 0.2) is 0 Å². The van der Waals surface area contributed by atoms with Crippen molar-refractivity contribution >= 4 is 34.7 Å². The lowest BCUT2D eigenvalue weighted by Crippen LogP contribution is -2.37. The van der Waals surface area contributed by atoms with Crippen LogP contribution in [0.5, 0.6) is 0 Å². The predicted molar refractivity (Wildman–Crippen MR) is 86.8 cm³/mol. The van der Waals surface area contributed by atoms with Gasteiger partial charge in [0.1, 0.15) is 0 Å². The molecule has 0 aromatic heterocycles. The fourth-order valence-electron chi connectivity index (χ4n) is 2.45. The normalized spacial score (nSPS) is 18.0. The molecule has 128 valence electrons. The molecule has 2 fully saturated rings. The third-order valence-corrected chi connectivity index (χ3v) is 4.98. The molecule has 0 aromatic rings. The molecule has 1 heterocycles. The molecule has 2 rings (SSSR count). The quantitative estimate of drug-likeness (QED) is 0.649. The molecule has 23 heavy (non-hydrogen) atoms. The smallest absolute Gasteiger partial charge is 0.288 e. The monoisotopic (exact) mass is 341 g/mol. The summed E-state index contributed by atoms with van der Waals surface area (Å²) in [6.45, 7) is 1.21. The zero-order chi connectivity index (χ0) is 16.7. The number of hydrogen-bond acceptors (Lipinski definition) is 5. The van der Waals surface area contributed by atoms with Crippen LogP contribution in [0.2, 0.25) is 0 Å². The van der Waals surface area contributed by atoms with Crippen molar-refractivity contribution in [2.45, 2.75) is 38.5 Å². The Balaban J connectivity index is 1.48. The fourth-order valence-corrected chi connectivity index (χ4v) is 3.20. The second-order valence-corrected chi connectivity index (χ2v) is 6.83. The highest BCUT2D eigenvalue weighted by atomic mass is 32.2. The van der Waals surface area contributed by atoms with Crippen LogP contribution >= 0.6 is 11.8 Å². The molecular weight excluding hydrogens is 318 g/mol. The van der Waals surface area contributed by atoms with Gasteiger partial charge >= 0.3 is 0 Å². The standard InChI is InChI=1S/C15H23N3O4S/c19-12(16-7-8-18-14(21)10-23-15(18)22)5-2-6-13(20)17-9-11-3-1-4-11/h11H,1-10H2,(H,16,19)(H,17,20). The van der Waals surface area contributed by atoms with Gasteiger partial charge in [0.2, 0.25) is 17.7 Å². The second-order valence-electron chi connectivity index (χ2n) is 5.90. The lowest BCUT2D eigenvalue weighted by molar-refractivity contribution is -0.126. The number of rotatable bonds is 9. The Morgan fingerprint density at radius 2 is 1.83 bits per heavy atom. The summed E-state index contributed by atoms with van der Waals surface area (Å²) >= 11 is 0.982. The molecule has 1 saturated heterocycles. The first-order valence-electron chi connectivity index (χ1n) is 8.07. The highest BCUT2D eigenvalue weighted by molar-refractivity contribution is 8.14. The van der Waals surface area contributed by atoms with Crippen LogP contribution in [-0.4, -0.2) is 53.2 Å². The van der Waals surface area contributed by atoms with Crippen molar-refractivity contribution in [2.24, 2.45) is 5.92 Å².